The van der Waals surface area contributed by atoms with Gasteiger partial charge in [-0.05, 0) is 31.6 Å². The van der Waals surface area contributed by atoms with Crippen LogP contribution in [0.1, 0.15) is 51.9 Å². The molecule has 19 heavy (non-hydrogen) atoms. The number of hydrogen-bond acceptors (Lipinski definition) is 3. The number of aliphatic carboxylic acids is 1. The Morgan fingerprint density at radius 1 is 1.37 bits per heavy atom. The van der Waals surface area contributed by atoms with Crippen LogP contribution in [-0.4, -0.2) is 36.2 Å². The van der Waals surface area contributed by atoms with E-state index in [9.17, 15) is 9.59 Å². The van der Waals surface area contributed by atoms with Crippen LogP contribution in [0, 0.1) is 5.92 Å². The molecule has 0 aromatic rings. The van der Waals surface area contributed by atoms with Crippen molar-refractivity contribution in [3.05, 3.63) is 0 Å². The molecule has 1 rings (SSSR count). The molecule has 2 N–H and O–H groups in total. The Balaban J connectivity index is 2.19. The van der Waals surface area contributed by atoms with E-state index in [0.29, 0.717) is 25.5 Å². The minimum Gasteiger partial charge on any atom is -0.481 e. The first-order valence-electron chi connectivity index (χ1n) is 7.24. The Morgan fingerprint density at radius 2 is 2.16 bits per heavy atom. The smallest absolute Gasteiger partial charge is 0.303 e. The molecule has 0 aromatic heterocycles. The summed E-state index contributed by atoms with van der Waals surface area (Å²) in [5.74, 6) is -0.388. The van der Waals surface area contributed by atoms with E-state index < -0.39 is 5.97 Å². The van der Waals surface area contributed by atoms with Gasteiger partial charge >= 0.3 is 5.97 Å². The number of carbonyl (C=O) groups excluding carboxylic acids is 1. The van der Waals surface area contributed by atoms with Crippen LogP contribution in [0.3, 0.4) is 0 Å². The Labute approximate surface area is 114 Å². The summed E-state index contributed by atoms with van der Waals surface area (Å²) < 4.78 is 5.31. The fourth-order valence-corrected chi connectivity index (χ4v) is 2.47. The maximum Gasteiger partial charge on any atom is 0.303 e. The fraction of sp³-hybridized carbons (Fsp3) is 0.857. The van der Waals surface area contributed by atoms with Crippen molar-refractivity contribution >= 4 is 11.9 Å². The third-order valence-electron chi connectivity index (χ3n) is 3.54. The van der Waals surface area contributed by atoms with E-state index in [0.717, 1.165) is 32.1 Å². The molecule has 1 amide bonds. The molecule has 1 saturated heterocycles. The lowest BCUT2D eigenvalue weighted by Crippen LogP contribution is -2.35. The van der Waals surface area contributed by atoms with Gasteiger partial charge in [-0.3, -0.25) is 9.59 Å². The van der Waals surface area contributed by atoms with Crippen LogP contribution in [0.4, 0.5) is 0 Å². The largest absolute Gasteiger partial charge is 0.481 e. The van der Waals surface area contributed by atoms with Gasteiger partial charge in [0.25, 0.3) is 0 Å². The van der Waals surface area contributed by atoms with Gasteiger partial charge in [0.05, 0.1) is 0 Å². The second kappa shape index (κ2) is 8.91. The SMILES string of the molecule is CCCC(CCNC(=O)C1CCCO1)CCC(=O)O. The molecule has 0 radical (unpaired) electrons. The third kappa shape index (κ3) is 6.57. The van der Waals surface area contributed by atoms with Crippen LogP contribution in [0.5, 0.6) is 0 Å². The lowest BCUT2D eigenvalue weighted by atomic mass is 9.94. The highest BCUT2D eigenvalue weighted by Gasteiger charge is 2.23. The molecule has 1 heterocycles. The van der Waals surface area contributed by atoms with Gasteiger partial charge in [-0.1, -0.05) is 19.8 Å². The number of hydrogen-bond donors (Lipinski definition) is 2. The summed E-state index contributed by atoms with van der Waals surface area (Å²) >= 11 is 0. The quantitative estimate of drug-likeness (QED) is 0.672. The van der Waals surface area contributed by atoms with Gasteiger partial charge in [0.2, 0.25) is 5.91 Å². The molecule has 1 aliphatic rings. The molecule has 5 heteroatoms. The standard InChI is InChI=1S/C14H25NO4/c1-2-4-11(6-7-13(16)17)8-9-15-14(18)12-5-3-10-19-12/h11-12H,2-10H2,1H3,(H,15,18)(H,16,17). The fourth-order valence-electron chi connectivity index (χ4n) is 2.47. The average Bonchev–Trinajstić information content (AvgIpc) is 2.89. The van der Waals surface area contributed by atoms with Gasteiger partial charge in [0.15, 0.2) is 0 Å². The summed E-state index contributed by atoms with van der Waals surface area (Å²) in [6.45, 7) is 3.39. The molecule has 0 aliphatic carbocycles. The Morgan fingerprint density at radius 3 is 2.74 bits per heavy atom. The second-order valence-electron chi connectivity index (χ2n) is 5.17. The van der Waals surface area contributed by atoms with Crippen LogP contribution in [0.2, 0.25) is 0 Å². The minimum absolute atomic E-state index is 0.0222. The van der Waals surface area contributed by atoms with Crippen molar-refractivity contribution in [3.8, 4) is 0 Å². The highest BCUT2D eigenvalue weighted by molar-refractivity contribution is 5.80. The van der Waals surface area contributed by atoms with Crippen LogP contribution in [0.15, 0.2) is 0 Å². The molecule has 2 atom stereocenters. The molecule has 2 unspecified atom stereocenters. The van der Waals surface area contributed by atoms with E-state index in [4.69, 9.17) is 9.84 Å². The molecule has 0 saturated carbocycles. The topological polar surface area (TPSA) is 75.6 Å². The van der Waals surface area contributed by atoms with E-state index in [1.54, 1.807) is 0 Å². The zero-order valence-corrected chi connectivity index (χ0v) is 11.7. The minimum atomic E-state index is -0.746. The molecular weight excluding hydrogens is 246 g/mol. The Bertz CT molecular complexity index is 287. The lowest BCUT2D eigenvalue weighted by Gasteiger charge is -2.16. The summed E-state index contributed by atoms with van der Waals surface area (Å²) in [5.41, 5.74) is 0. The number of ether oxygens (including phenoxy) is 1. The molecule has 0 bridgehead atoms. The van der Waals surface area contributed by atoms with Crippen molar-refractivity contribution in [2.45, 2.75) is 58.0 Å². The Kier molecular flexibility index (Phi) is 7.48. The normalized spacial score (nSPS) is 20.2. The summed E-state index contributed by atoms with van der Waals surface area (Å²) in [4.78, 5) is 22.3. The maximum absolute atomic E-state index is 11.7. The Hall–Kier alpha value is -1.10. The van der Waals surface area contributed by atoms with Gasteiger partial charge < -0.3 is 15.2 Å². The van der Waals surface area contributed by atoms with E-state index in [1.165, 1.54) is 0 Å². The van der Waals surface area contributed by atoms with Gasteiger partial charge in [-0.25, -0.2) is 0 Å². The van der Waals surface area contributed by atoms with Crippen molar-refractivity contribution in [3.63, 3.8) is 0 Å². The molecule has 110 valence electrons. The number of carboxylic acid groups (broad SMARTS) is 1. The van der Waals surface area contributed by atoms with Crippen LogP contribution >= 0.6 is 0 Å². The summed E-state index contributed by atoms with van der Waals surface area (Å²) in [6, 6.07) is 0. The summed E-state index contributed by atoms with van der Waals surface area (Å²) in [7, 11) is 0. The van der Waals surface area contributed by atoms with E-state index in [1.807, 2.05) is 0 Å². The number of amides is 1. The van der Waals surface area contributed by atoms with Crippen molar-refractivity contribution in [2.24, 2.45) is 5.92 Å². The number of nitrogens with one attached hydrogen (secondary N) is 1. The zero-order valence-electron chi connectivity index (χ0n) is 11.7. The van der Waals surface area contributed by atoms with Crippen molar-refractivity contribution < 1.29 is 19.4 Å². The second-order valence-corrected chi connectivity index (χ2v) is 5.17. The van der Waals surface area contributed by atoms with Crippen molar-refractivity contribution in [2.75, 3.05) is 13.2 Å². The van der Waals surface area contributed by atoms with Gasteiger partial charge in [0, 0.05) is 19.6 Å². The van der Waals surface area contributed by atoms with Gasteiger partial charge in [-0.15, -0.1) is 0 Å². The van der Waals surface area contributed by atoms with E-state index in [-0.39, 0.29) is 18.4 Å². The monoisotopic (exact) mass is 271 g/mol. The van der Waals surface area contributed by atoms with Gasteiger partial charge in [0.1, 0.15) is 6.10 Å². The first-order chi connectivity index (χ1) is 9.13. The van der Waals surface area contributed by atoms with Crippen LogP contribution in [-0.2, 0) is 14.3 Å². The van der Waals surface area contributed by atoms with E-state index in [2.05, 4.69) is 12.2 Å². The predicted octanol–water partition coefficient (Wildman–Crippen LogP) is 1.95. The third-order valence-corrected chi connectivity index (χ3v) is 3.54. The summed E-state index contributed by atoms with van der Waals surface area (Å²) in [6.07, 6.45) is 5.30. The lowest BCUT2D eigenvalue weighted by molar-refractivity contribution is -0.137. The highest BCUT2D eigenvalue weighted by atomic mass is 16.5. The number of rotatable bonds is 9. The highest BCUT2D eigenvalue weighted by Crippen LogP contribution is 2.17. The van der Waals surface area contributed by atoms with E-state index >= 15 is 0 Å². The molecule has 5 nitrogen and oxygen atoms in total. The predicted molar refractivity (Wildman–Crippen MR) is 71.9 cm³/mol. The van der Waals surface area contributed by atoms with Crippen molar-refractivity contribution in [1.82, 2.24) is 5.32 Å². The zero-order chi connectivity index (χ0) is 14.1. The van der Waals surface area contributed by atoms with Crippen molar-refractivity contribution in [1.29, 1.82) is 0 Å². The number of carbonyl (C=O) groups is 2. The number of carboxylic acids is 1. The molecule has 1 aliphatic heterocycles. The molecule has 0 aromatic carbocycles. The van der Waals surface area contributed by atoms with Crippen LogP contribution < -0.4 is 5.32 Å². The first-order valence-corrected chi connectivity index (χ1v) is 7.24. The van der Waals surface area contributed by atoms with Gasteiger partial charge in [-0.2, -0.15) is 0 Å². The summed E-state index contributed by atoms with van der Waals surface area (Å²) in [5, 5.41) is 11.6. The molecular formula is C14H25NO4. The van der Waals surface area contributed by atoms with Crippen LogP contribution in [0.25, 0.3) is 0 Å². The molecule has 0 spiro atoms. The average molecular weight is 271 g/mol. The maximum atomic E-state index is 11.7. The first kappa shape index (κ1) is 16.0. The molecule has 1 fully saturated rings.